The Hall–Kier alpha value is -0.820. The first-order valence-corrected chi connectivity index (χ1v) is 5.49. The molecule has 2 aliphatic carbocycles. The van der Waals surface area contributed by atoms with Crippen LogP contribution in [0, 0.1) is 0 Å². The Labute approximate surface area is 85.8 Å². The first kappa shape index (κ1) is 9.72. The van der Waals surface area contributed by atoms with Crippen LogP contribution in [0.4, 0.5) is 0 Å². The van der Waals surface area contributed by atoms with Gasteiger partial charge in [-0.05, 0) is 50.2 Å². The average Bonchev–Trinajstić information content (AvgIpc) is 2.19. The molecule has 0 fully saturated rings. The van der Waals surface area contributed by atoms with Crippen molar-refractivity contribution in [2.45, 2.75) is 44.6 Å². The Morgan fingerprint density at radius 1 is 1.29 bits per heavy atom. The summed E-state index contributed by atoms with van der Waals surface area (Å²) in [4.78, 5) is 0. The maximum Gasteiger partial charge on any atom is 0.0837 e. The molecule has 0 bridgehead atoms. The highest BCUT2D eigenvalue weighted by molar-refractivity contribution is 5.43. The van der Waals surface area contributed by atoms with Gasteiger partial charge < -0.3 is 5.11 Å². The quantitative estimate of drug-likeness (QED) is 0.673. The molecule has 1 nitrogen and oxygen atoms in total. The molecule has 0 heterocycles. The zero-order valence-corrected chi connectivity index (χ0v) is 8.79. The molecule has 0 aromatic heterocycles. The lowest BCUT2D eigenvalue weighted by Crippen LogP contribution is -2.21. The van der Waals surface area contributed by atoms with Crippen molar-refractivity contribution in [2.75, 3.05) is 0 Å². The molecule has 14 heavy (non-hydrogen) atoms. The zero-order valence-electron chi connectivity index (χ0n) is 8.79. The van der Waals surface area contributed by atoms with E-state index in [9.17, 15) is 5.11 Å². The molecule has 0 aliphatic heterocycles. The molecule has 0 spiro atoms. The smallest absolute Gasteiger partial charge is 0.0837 e. The Morgan fingerprint density at radius 2 is 2.14 bits per heavy atom. The van der Waals surface area contributed by atoms with Crippen molar-refractivity contribution in [2.24, 2.45) is 0 Å². The second kappa shape index (κ2) is 3.74. The molecule has 0 aromatic carbocycles. The highest BCUT2D eigenvalue weighted by atomic mass is 16.3. The first-order chi connectivity index (χ1) is 6.67. The predicted molar refractivity (Wildman–Crippen MR) is 59.0 cm³/mol. The summed E-state index contributed by atoms with van der Waals surface area (Å²) in [5.74, 6) is 0. The lowest BCUT2D eigenvalue weighted by molar-refractivity contribution is 0.113. The van der Waals surface area contributed by atoms with Gasteiger partial charge in [0.1, 0.15) is 0 Å². The van der Waals surface area contributed by atoms with Gasteiger partial charge in [0, 0.05) is 0 Å². The van der Waals surface area contributed by atoms with Gasteiger partial charge >= 0.3 is 0 Å². The van der Waals surface area contributed by atoms with E-state index in [1.54, 1.807) is 0 Å². The van der Waals surface area contributed by atoms with Crippen LogP contribution in [0.15, 0.2) is 35.5 Å². The lowest BCUT2D eigenvalue weighted by atomic mass is 9.87. The van der Waals surface area contributed by atoms with E-state index in [-0.39, 0.29) is 0 Å². The van der Waals surface area contributed by atoms with Crippen molar-refractivity contribution >= 4 is 0 Å². The SMILES string of the molecule is CC1(O)C=CC(C2=CCCCC2)=CC1. The van der Waals surface area contributed by atoms with Crippen molar-refractivity contribution in [1.82, 2.24) is 0 Å². The summed E-state index contributed by atoms with van der Waals surface area (Å²) < 4.78 is 0. The minimum absolute atomic E-state index is 0.626. The number of rotatable bonds is 1. The van der Waals surface area contributed by atoms with E-state index < -0.39 is 5.60 Å². The van der Waals surface area contributed by atoms with E-state index in [0.717, 1.165) is 6.42 Å². The summed E-state index contributed by atoms with van der Waals surface area (Å²) >= 11 is 0. The van der Waals surface area contributed by atoms with Crippen molar-refractivity contribution in [3.63, 3.8) is 0 Å². The van der Waals surface area contributed by atoms with Gasteiger partial charge in [-0.15, -0.1) is 0 Å². The molecule has 1 unspecified atom stereocenters. The number of allylic oxidation sites excluding steroid dienone is 4. The van der Waals surface area contributed by atoms with Crippen molar-refractivity contribution in [3.8, 4) is 0 Å². The summed E-state index contributed by atoms with van der Waals surface area (Å²) in [5, 5.41) is 9.74. The Balaban J connectivity index is 2.11. The topological polar surface area (TPSA) is 20.2 Å². The van der Waals surface area contributed by atoms with Crippen LogP contribution in [0.2, 0.25) is 0 Å². The van der Waals surface area contributed by atoms with Crippen molar-refractivity contribution < 1.29 is 5.11 Å². The molecule has 0 aromatic rings. The van der Waals surface area contributed by atoms with E-state index in [4.69, 9.17) is 0 Å². The van der Waals surface area contributed by atoms with Gasteiger partial charge in [0.2, 0.25) is 0 Å². The second-order valence-electron chi connectivity index (χ2n) is 4.53. The molecule has 1 heteroatoms. The minimum Gasteiger partial charge on any atom is -0.386 e. The minimum atomic E-state index is -0.626. The third-order valence-electron chi connectivity index (χ3n) is 3.02. The first-order valence-electron chi connectivity index (χ1n) is 5.49. The van der Waals surface area contributed by atoms with Crippen LogP contribution in [-0.2, 0) is 0 Å². The highest BCUT2D eigenvalue weighted by Gasteiger charge is 2.19. The third-order valence-corrected chi connectivity index (χ3v) is 3.02. The van der Waals surface area contributed by atoms with Crippen LogP contribution >= 0.6 is 0 Å². The normalized spacial score (nSPS) is 32.4. The van der Waals surface area contributed by atoms with E-state index in [1.807, 2.05) is 13.0 Å². The molecule has 2 rings (SSSR count). The molecular weight excluding hydrogens is 172 g/mol. The molecule has 1 N–H and O–H groups in total. The van der Waals surface area contributed by atoms with E-state index >= 15 is 0 Å². The molecule has 0 amide bonds. The van der Waals surface area contributed by atoms with Crippen LogP contribution < -0.4 is 0 Å². The zero-order chi connectivity index (χ0) is 10.0. The van der Waals surface area contributed by atoms with E-state index in [1.165, 1.54) is 36.8 Å². The highest BCUT2D eigenvalue weighted by Crippen LogP contribution is 2.29. The summed E-state index contributed by atoms with van der Waals surface area (Å²) in [6, 6.07) is 0. The predicted octanol–water partition coefficient (Wildman–Crippen LogP) is 3.12. The summed E-state index contributed by atoms with van der Waals surface area (Å²) in [6.07, 6.45) is 14.3. The fraction of sp³-hybridized carbons (Fsp3) is 0.538. The molecule has 0 radical (unpaired) electrons. The van der Waals surface area contributed by atoms with Crippen LogP contribution in [0.1, 0.15) is 39.0 Å². The van der Waals surface area contributed by atoms with Gasteiger partial charge in [0.15, 0.2) is 0 Å². The molecular formula is C13H18O. The van der Waals surface area contributed by atoms with Gasteiger partial charge in [0.05, 0.1) is 5.60 Å². The molecule has 2 aliphatic rings. The van der Waals surface area contributed by atoms with Crippen molar-refractivity contribution in [1.29, 1.82) is 0 Å². The summed E-state index contributed by atoms with van der Waals surface area (Å²) in [7, 11) is 0. The van der Waals surface area contributed by atoms with Gasteiger partial charge in [-0.25, -0.2) is 0 Å². The third kappa shape index (κ3) is 2.16. The Morgan fingerprint density at radius 3 is 2.71 bits per heavy atom. The number of hydrogen-bond acceptors (Lipinski definition) is 1. The summed E-state index contributed by atoms with van der Waals surface area (Å²) in [6.45, 7) is 1.85. The van der Waals surface area contributed by atoms with E-state index in [0.29, 0.717) is 0 Å². The largest absolute Gasteiger partial charge is 0.386 e. The molecule has 0 saturated heterocycles. The van der Waals surface area contributed by atoms with Crippen molar-refractivity contribution in [3.05, 3.63) is 35.5 Å². The van der Waals surface area contributed by atoms with Crippen LogP contribution in [0.25, 0.3) is 0 Å². The molecule has 0 saturated carbocycles. The maximum absolute atomic E-state index is 9.74. The monoisotopic (exact) mass is 190 g/mol. The maximum atomic E-state index is 9.74. The van der Waals surface area contributed by atoms with Crippen LogP contribution in [0.3, 0.4) is 0 Å². The second-order valence-corrected chi connectivity index (χ2v) is 4.53. The number of aliphatic hydroxyl groups is 1. The average molecular weight is 190 g/mol. The summed E-state index contributed by atoms with van der Waals surface area (Å²) in [5.41, 5.74) is 2.18. The van der Waals surface area contributed by atoms with Gasteiger partial charge in [0.25, 0.3) is 0 Å². The number of hydrogen-bond donors (Lipinski definition) is 1. The van der Waals surface area contributed by atoms with Gasteiger partial charge in [-0.1, -0.05) is 24.3 Å². The fourth-order valence-corrected chi connectivity index (χ4v) is 2.06. The molecule has 1 atom stereocenters. The van der Waals surface area contributed by atoms with Crippen LogP contribution in [-0.4, -0.2) is 10.7 Å². The van der Waals surface area contributed by atoms with E-state index in [2.05, 4.69) is 18.2 Å². The van der Waals surface area contributed by atoms with Gasteiger partial charge in [-0.3, -0.25) is 0 Å². The van der Waals surface area contributed by atoms with Crippen LogP contribution in [0.5, 0.6) is 0 Å². The Kier molecular flexibility index (Phi) is 2.60. The Bertz CT molecular complexity index is 305. The molecule has 76 valence electrons. The van der Waals surface area contributed by atoms with Gasteiger partial charge in [-0.2, -0.15) is 0 Å². The fourth-order valence-electron chi connectivity index (χ4n) is 2.06. The standard InChI is InChI=1S/C13H18O/c1-13(14)9-7-12(8-10-13)11-5-3-2-4-6-11/h5,7-9,14H,2-4,6,10H2,1H3. The lowest BCUT2D eigenvalue weighted by Gasteiger charge is -2.23.